The Morgan fingerprint density at radius 1 is 1.28 bits per heavy atom. The second-order valence-corrected chi connectivity index (χ2v) is 8.73. The number of aryl methyl sites for hydroxylation is 1. The first kappa shape index (κ1) is 21.3. The Morgan fingerprint density at radius 2 is 1.97 bits per heavy atom. The minimum absolute atomic E-state index is 0.0433. The summed E-state index contributed by atoms with van der Waals surface area (Å²) < 4.78 is 64.0. The largest absolute Gasteiger partial charge is 0.433 e. The highest BCUT2D eigenvalue weighted by atomic mass is 32.2. The molecule has 3 rings (SSSR count). The predicted octanol–water partition coefficient (Wildman–Crippen LogP) is 2.64. The SMILES string of the molecule is Cc1cc(S(N)(=O)=O)cc(C(=O)N2CCC[C@@H](n3nccc3C(F)(F)F)C2)c1C. The Hall–Kier alpha value is -2.40. The Labute approximate surface area is 166 Å². The molecule has 0 aliphatic carbocycles. The van der Waals surface area contributed by atoms with Crippen LogP contribution < -0.4 is 5.14 Å². The average molecular weight is 430 g/mol. The standard InChI is InChI=1S/C18H21F3N4O3S/c1-11-8-14(29(22,27)28)9-15(12(11)2)17(26)24-7-3-4-13(10-24)25-16(5-6-23-25)18(19,20)21/h5-6,8-9,13H,3-4,7,10H2,1-2H3,(H2,22,27,28)/t13-/m1/s1. The molecule has 0 saturated carbocycles. The molecule has 0 unspecified atom stereocenters. The molecule has 1 aromatic carbocycles. The number of benzene rings is 1. The number of carbonyl (C=O) groups is 1. The van der Waals surface area contributed by atoms with Crippen LogP contribution in [-0.2, 0) is 16.2 Å². The molecule has 2 N–H and O–H groups in total. The molecule has 0 spiro atoms. The zero-order valence-corrected chi connectivity index (χ0v) is 16.7. The van der Waals surface area contributed by atoms with Gasteiger partial charge in [-0.15, -0.1) is 0 Å². The Kier molecular flexibility index (Phi) is 5.48. The Morgan fingerprint density at radius 3 is 2.59 bits per heavy atom. The first-order valence-corrected chi connectivity index (χ1v) is 10.5. The fourth-order valence-electron chi connectivity index (χ4n) is 3.55. The van der Waals surface area contributed by atoms with E-state index in [2.05, 4.69) is 5.10 Å². The molecule has 1 amide bonds. The third kappa shape index (κ3) is 4.30. The summed E-state index contributed by atoms with van der Waals surface area (Å²) in [6.07, 6.45) is -2.50. The average Bonchev–Trinajstić information content (AvgIpc) is 3.13. The van der Waals surface area contributed by atoms with Gasteiger partial charge in [0.15, 0.2) is 0 Å². The third-order valence-corrected chi connectivity index (χ3v) is 6.08. The van der Waals surface area contributed by atoms with Crippen molar-refractivity contribution >= 4 is 15.9 Å². The maximum atomic E-state index is 13.2. The summed E-state index contributed by atoms with van der Waals surface area (Å²) >= 11 is 0. The molecule has 0 radical (unpaired) electrons. The molecule has 11 heteroatoms. The lowest BCUT2D eigenvalue weighted by Gasteiger charge is -2.34. The van der Waals surface area contributed by atoms with E-state index in [0.717, 1.165) is 16.9 Å². The number of nitrogens with two attached hydrogens (primary N) is 1. The van der Waals surface area contributed by atoms with Gasteiger partial charge in [-0.05, 0) is 56.0 Å². The van der Waals surface area contributed by atoms with Gasteiger partial charge in [-0.25, -0.2) is 13.6 Å². The van der Waals surface area contributed by atoms with Crippen molar-refractivity contribution in [2.24, 2.45) is 5.14 Å². The highest BCUT2D eigenvalue weighted by molar-refractivity contribution is 7.89. The van der Waals surface area contributed by atoms with Crippen LogP contribution in [0, 0.1) is 13.8 Å². The minimum Gasteiger partial charge on any atom is -0.336 e. The molecule has 1 aromatic heterocycles. The van der Waals surface area contributed by atoms with Gasteiger partial charge in [0.05, 0.1) is 10.9 Å². The maximum Gasteiger partial charge on any atom is 0.433 e. The quantitative estimate of drug-likeness (QED) is 0.809. The topological polar surface area (TPSA) is 98.3 Å². The summed E-state index contributed by atoms with van der Waals surface area (Å²) in [5.41, 5.74) is 0.491. The molecule has 1 fully saturated rings. The molecule has 1 aliphatic rings. The van der Waals surface area contributed by atoms with E-state index in [-0.39, 0.29) is 17.0 Å². The van der Waals surface area contributed by atoms with Crippen molar-refractivity contribution in [3.63, 3.8) is 0 Å². The number of amides is 1. The first-order valence-electron chi connectivity index (χ1n) is 8.93. The lowest BCUT2D eigenvalue weighted by molar-refractivity contribution is -0.145. The van der Waals surface area contributed by atoms with Crippen LogP contribution in [0.2, 0.25) is 0 Å². The van der Waals surface area contributed by atoms with E-state index in [1.165, 1.54) is 17.0 Å². The molecule has 0 bridgehead atoms. The molecule has 29 heavy (non-hydrogen) atoms. The molecule has 1 aliphatic heterocycles. The number of rotatable bonds is 3. The van der Waals surface area contributed by atoms with Crippen molar-refractivity contribution in [2.75, 3.05) is 13.1 Å². The van der Waals surface area contributed by atoms with Crippen molar-refractivity contribution in [3.05, 3.63) is 46.8 Å². The summed E-state index contributed by atoms with van der Waals surface area (Å²) in [5, 5.41) is 9.01. The molecule has 2 heterocycles. The number of sulfonamides is 1. The van der Waals surface area contributed by atoms with Gasteiger partial charge in [-0.2, -0.15) is 18.3 Å². The number of likely N-dealkylation sites (tertiary alicyclic amines) is 1. The number of nitrogens with zero attached hydrogens (tertiary/aromatic N) is 3. The van der Waals surface area contributed by atoms with Crippen molar-refractivity contribution in [1.29, 1.82) is 0 Å². The monoisotopic (exact) mass is 430 g/mol. The summed E-state index contributed by atoms with van der Waals surface area (Å²) in [6, 6.07) is 2.89. The number of alkyl halides is 3. The number of piperidine rings is 1. The van der Waals surface area contributed by atoms with Crippen LogP contribution >= 0.6 is 0 Å². The Bertz CT molecular complexity index is 1050. The van der Waals surface area contributed by atoms with Crippen LogP contribution in [-0.4, -0.2) is 42.1 Å². The second kappa shape index (κ2) is 7.45. The number of hydrogen-bond donors (Lipinski definition) is 1. The van der Waals surface area contributed by atoms with Crippen LogP contribution in [0.15, 0.2) is 29.3 Å². The van der Waals surface area contributed by atoms with Gasteiger partial charge < -0.3 is 4.90 Å². The van der Waals surface area contributed by atoms with E-state index in [4.69, 9.17) is 5.14 Å². The van der Waals surface area contributed by atoms with Gasteiger partial charge in [-0.1, -0.05) is 0 Å². The number of aromatic nitrogens is 2. The number of halogens is 3. The van der Waals surface area contributed by atoms with Gasteiger partial charge in [0, 0.05) is 24.8 Å². The summed E-state index contributed by atoms with van der Waals surface area (Å²) in [5.74, 6) is -0.443. The van der Waals surface area contributed by atoms with Gasteiger partial charge >= 0.3 is 6.18 Å². The van der Waals surface area contributed by atoms with E-state index < -0.39 is 33.8 Å². The number of carbonyl (C=O) groups excluding carboxylic acids is 1. The van der Waals surface area contributed by atoms with Crippen molar-refractivity contribution in [1.82, 2.24) is 14.7 Å². The van der Waals surface area contributed by atoms with E-state index in [1.807, 2.05) is 0 Å². The van der Waals surface area contributed by atoms with Gasteiger partial charge in [0.2, 0.25) is 10.0 Å². The molecule has 7 nitrogen and oxygen atoms in total. The number of primary sulfonamides is 1. The zero-order valence-electron chi connectivity index (χ0n) is 15.9. The molecule has 2 aromatic rings. The third-order valence-electron chi connectivity index (χ3n) is 5.19. The van der Waals surface area contributed by atoms with Gasteiger partial charge in [-0.3, -0.25) is 9.48 Å². The van der Waals surface area contributed by atoms with E-state index >= 15 is 0 Å². The second-order valence-electron chi connectivity index (χ2n) is 7.16. The zero-order chi connectivity index (χ0) is 21.6. The van der Waals surface area contributed by atoms with Crippen LogP contribution in [0.5, 0.6) is 0 Å². The summed E-state index contributed by atoms with van der Waals surface area (Å²) in [6.45, 7) is 3.75. The normalized spacial score (nSPS) is 18.1. The maximum absolute atomic E-state index is 13.2. The highest BCUT2D eigenvalue weighted by Crippen LogP contribution is 2.33. The van der Waals surface area contributed by atoms with Crippen molar-refractivity contribution in [3.8, 4) is 0 Å². The van der Waals surface area contributed by atoms with Gasteiger partial charge in [0.1, 0.15) is 5.69 Å². The van der Waals surface area contributed by atoms with Crippen LogP contribution in [0.4, 0.5) is 13.2 Å². The Balaban J connectivity index is 1.92. The fourth-order valence-corrected chi connectivity index (χ4v) is 4.17. The lowest BCUT2D eigenvalue weighted by Crippen LogP contribution is -2.42. The smallest absolute Gasteiger partial charge is 0.336 e. The van der Waals surface area contributed by atoms with Crippen LogP contribution in [0.25, 0.3) is 0 Å². The van der Waals surface area contributed by atoms with Crippen LogP contribution in [0.1, 0.15) is 46.1 Å². The highest BCUT2D eigenvalue weighted by Gasteiger charge is 2.38. The van der Waals surface area contributed by atoms with E-state index in [1.54, 1.807) is 13.8 Å². The number of hydrogen-bond acceptors (Lipinski definition) is 4. The first-order chi connectivity index (χ1) is 13.4. The van der Waals surface area contributed by atoms with Crippen molar-refractivity contribution in [2.45, 2.75) is 43.8 Å². The summed E-state index contributed by atoms with van der Waals surface area (Å²) in [7, 11) is -4.01. The van der Waals surface area contributed by atoms with Gasteiger partial charge in [0.25, 0.3) is 5.91 Å². The molecule has 158 valence electrons. The van der Waals surface area contributed by atoms with Crippen molar-refractivity contribution < 1.29 is 26.4 Å². The van der Waals surface area contributed by atoms with E-state index in [9.17, 15) is 26.4 Å². The summed E-state index contributed by atoms with van der Waals surface area (Å²) in [4.78, 5) is 14.3. The molecular formula is C18H21F3N4O3S. The van der Waals surface area contributed by atoms with E-state index in [0.29, 0.717) is 30.5 Å². The lowest BCUT2D eigenvalue weighted by atomic mass is 10.00. The minimum atomic E-state index is -4.54. The molecule has 1 saturated heterocycles. The van der Waals surface area contributed by atoms with Crippen LogP contribution in [0.3, 0.4) is 0 Å². The predicted molar refractivity (Wildman–Crippen MR) is 98.7 cm³/mol. The fraction of sp³-hybridized carbons (Fsp3) is 0.444. The molecular weight excluding hydrogens is 409 g/mol. The molecule has 1 atom stereocenters.